The highest BCUT2D eigenvalue weighted by atomic mass is 32.2. The van der Waals surface area contributed by atoms with Crippen molar-refractivity contribution in [1.29, 1.82) is 0 Å². The Bertz CT molecular complexity index is 460. The molecular weight excluding hydrogens is 298 g/mol. The summed E-state index contributed by atoms with van der Waals surface area (Å²) in [6, 6.07) is 0.338. The zero-order chi connectivity index (χ0) is 15.9. The first-order chi connectivity index (χ1) is 10.4. The molecule has 0 aromatic heterocycles. The SMILES string of the molecule is CC1CCN(C(=O)C(C)(C)CC2SCC3NC(=O)NC32)CC1. The van der Waals surface area contributed by atoms with E-state index < -0.39 is 0 Å². The van der Waals surface area contributed by atoms with Crippen molar-refractivity contribution in [2.45, 2.75) is 57.4 Å². The Balaban J connectivity index is 1.60. The highest BCUT2D eigenvalue weighted by molar-refractivity contribution is 8.00. The fraction of sp³-hybridized carbons (Fsp3) is 0.875. The molecule has 2 N–H and O–H groups in total. The van der Waals surface area contributed by atoms with Crippen LogP contribution in [0.4, 0.5) is 4.79 Å². The third-order valence-corrected chi connectivity index (χ3v) is 6.74. The molecule has 0 spiro atoms. The Morgan fingerprint density at radius 3 is 2.68 bits per heavy atom. The molecule has 0 aromatic rings. The number of hydrogen-bond acceptors (Lipinski definition) is 3. The van der Waals surface area contributed by atoms with Crippen molar-refractivity contribution < 1.29 is 9.59 Å². The zero-order valence-electron chi connectivity index (χ0n) is 13.7. The van der Waals surface area contributed by atoms with Crippen LogP contribution in [0.1, 0.15) is 40.0 Å². The lowest BCUT2D eigenvalue weighted by Crippen LogP contribution is -2.47. The lowest BCUT2D eigenvalue weighted by Gasteiger charge is -2.37. The molecule has 0 radical (unpaired) electrons. The standard InChI is InChI=1S/C16H27N3O2S/c1-10-4-6-19(7-5-10)14(20)16(2,3)8-12-13-11(9-22-12)17-15(21)18-13/h10-13H,4-9H2,1-3H3,(H2,17,18,21). The molecule has 6 heteroatoms. The minimum Gasteiger partial charge on any atom is -0.342 e. The molecule has 0 aromatic carbocycles. The molecule has 3 aliphatic heterocycles. The first-order valence-electron chi connectivity index (χ1n) is 8.35. The number of nitrogens with zero attached hydrogens (tertiary/aromatic N) is 1. The number of urea groups is 1. The molecule has 124 valence electrons. The van der Waals surface area contributed by atoms with Gasteiger partial charge in [-0.3, -0.25) is 4.79 Å². The van der Waals surface area contributed by atoms with Gasteiger partial charge in [0, 0.05) is 29.5 Å². The molecule has 3 atom stereocenters. The highest BCUT2D eigenvalue weighted by Gasteiger charge is 2.46. The summed E-state index contributed by atoms with van der Waals surface area (Å²) in [6.07, 6.45) is 3.06. The van der Waals surface area contributed by atoms with Crippen LogP contribution in [-0.4, -0.2) is 53.0 Å². The summed E-state index contributed by atoms with van der Waals surface area (Å²) < 4.78 is 0. The van der Waals surface area contributed by atoms with E-state index in [4.69, 9.17) is 0 Å². The van der Waals surface area contributed by atoms with E-state index in [-0.39, 0.29) is 29.4 Å². The maximum Gasteiger partial charge on any atom is 0.315 e. The summed E-state index contributed by atoms with van der Waals surface area (Å²) in [5.41, 5.74) is -0.361. The van der Waals surface area contributed by atoms with Crippen molar-refractivity contribution in [1.82, 2.24) is 15.5 Å². The van der Waals surface area contributed by atoms with Crippen LogP contribution in [0.25, 0.3) is 0 Å². The van der Waals surface area contributed by atoms with Crippen LogP contribution < -0.4 is 10.6 Å². The van der Waals surface area contributed by atoms with E-state index in [1.165, 1.54) is 0 Å². The fourth-order valence-electron chi connectivity index (χ4n) is 3.80. The van der Waals surface area contributed by atoms with Gasteiger partial charge in [0.1, 0.15) is 0 Å². The van der Waals surface area contributed by atoms with Crippen molar-refractivity contribution in [2.24, 2.45) is 11.3 Å². The first-order valence-corrected chi connectivity index (χ1v) is 9.40. The van der Waals surface area contributed by atoms with Crippen LogP contribution in [0.5, 0.6) is 0 Å². The number of likely N-dealkylation sites (tertiary alicyclic amines) is 1. The number of nitrogens with one attached hydrogen (secondary N) is 2. The molecule has 22 heavy (non-hydrogen) atoms. The van der Waals surface area contributed by atoms with Gasteiger partial charge in [0.2, 0.25) is 5.91 Å². The van der Waals surface area contributed by atoms with Gasteiger partial charge in [-0.05, 0) is 25.2 Å². The van der Waals surface area contributed by atoms with Crippen molar-refractivity contribution in [2.75, 3.05) is 18.8 Å². The quantitative estimate of drug-likeness (QED) is 0.778. The van der Waals surface area contributed by atoms with Gasteiger partial charge in [-0.1, -0.05) is 20.8 Å². The normalized spacial score (nSPS) is 32.6. The second-order valence-corrected chi connectivity index (χ2v) is 8.96. The van der Waals surface area contributed by atoms with Gasteiger partial charge in [-0.25, -0.2) is 4.79 Å². The largest absolute Gasteiger partial charge is 0.342 e. The Kier molecular flexibility index (Phi) is 4.32. The van der Waals surface area contributed by atoms with Crippen molar-refractivity contribution in [3.05, 3.63) is 0 Å². The van der Waals surface area contributed by atoms with Crippen LogP contribution >= 0.6 is 11.8 Å². The summed E-state index contributed by atoms with van der Waals surface area (Å²) in [5.74, 6) is 1.96. The van der Waals surface area contributed by atoms with E-state index in [0.29, 0.717) is 5.25 Å². The maximum absolute atomic E-state index is 12.9. The molecule has 5 nitrogen and oxygen atoms in total. The molecule has 3 unspecified atom stereocenters. The van der Waals surface area contributed by atoms with Crippen LogP contribution in [0.2, 0.25) is 0 Å². The van der Waals surface area contributed by atoms with E-state index in [1.807, 2.05) is 16.7 Å². The number of rotatable bonds is 3. The third kappa shape index (κ3) is 3.07. The molecule has 3 amide bonds. The minimum atomic E-state index is -0.361. The fourth-order valence-corrected chi connectivity index (χ4v) is 5.54. The number of carbonyl (C=O) groups excluding carboxylic acids is 2. The number of amides is 3. The van der Waals surface area contributed by atoms with Crippen molar-refractivity contribution in [3.63, 3.8) is 0 Å². The molecule has 3 aliphatic rings. The molecular formula is C16H27N3O2S. The van der Waals surface area contributed by atoms with Crippen LogP contribution in [0, 0.1) is 11.3 Å². The third-order valence-electron chi connectivity index (χ3n) is 5.30. The number of fused-ring (bicyclic) bond motifs is 1. The average Bonchev–Trinajstić information content (AvgIpc) is 2.99. The Labute approximate surface area is 137 Å². The van der Waals surface area contributed by atoms with Gasteiger partial charge in [-0.2, -0.15) is 11.8 Å². The molecule has 0 aliphatic carbocycles. The summed E-state index contributed by atoms with van der Waals surface area (Å²) in [7, 11) is 0. The maximum atomic E-state index is 12.9. The monoisotopic (exact) mass is 325 g/mol. The highest BCUT2D eigenvalue weighted by Crippen LogP contribution is 2.39. The Morgan fingerprint density at radius 2 is 2.00 bits per heavy atom. The minimum absolute atomic E-state index is 0.0607. The van der Waals surface area contributed by atoms with Gasteiger partial charge in [0.25, 0.3) is 0 Å². The van der Waals surface area contributed by atoms with E-state index in [2.05, 4.69) is 31.4 Å². The average molecular weight is 325 g/mol. The van der Waals surface area contributed by atoms with Gasteiger partial charge < -0.3 is 15.5 Å². The zero-order valence-corrected chi connectivity index (χ0v) is 14.5. The van der Waals surface area contributed by atoms with Crippen molar-refractivity contribution >= 4 is 23.7 Å². The number of hydrogen-bond donors (Lipinski definition) is 2. The van der Waals surface area contributed by atoms with Gasteiger partial charge >= 0.3 is 6.03 Å². The summed E-state index contributed by atoms with van der Waals surface area (Å²) in [4.78, 5) is 26.4. The molecule has 3 fully saturated rings. The van der Waals surface area contributed by atoms with Crippen LogP contribution in [0.15, 0.2) is 0 Å². The Morgan fingerprint density at radius 1 is 1.32 bits per heavy atom. The van der Waals surface area contributed by atoms with E-state index in [1.54, 1.807) is 0 Å². The van der Waals surface area contributed by atoms with Crippen molar-refractivity contribution in [3.8, 4) is 0 Å². The van der Waals surface area contributed by atoms with Crippen LogP contribution in [-0.2, 0) is 4.79 Å². The van der Waals surface area contributed by atoms with E-state index in [0.717, 1.165) is 44.0 Å². The van der Waals surface area contributed by atoms with Crippen LogP contribution in [0.3, 0.4) is 0 Å². The van der Waals surface area contributed by atoms with E-state index in [9.17, 15) is 9.59 Å². The molecule has 3 saturated heterocycles. The van der Waals surface area contributed by atoms with Gasteiger partial charge in [0.15, 0.2) is 0 Å². The smallest absolute Gasteiger partial charge is 0.315 e. The second kappa shape index (κ2) is 5.95. The van der Waals surface area contributed by atoms with E-state index >= 15 is 0 Å². The van der Waals surface area contributed by atoms with Gasteiger partial charge in [0.05, 0.1) is 12.1 Å². The molecule has 3 heterocycles. The second-order valence-electron chi connectivity index (χ2n) is 7.68. The predicted octanol–water partition coefficient (Wildman–Crippen LogP) is 1.83. The predicted molar refractivity (Wildman–Crippen MR) is 88.9 cm³/mol. The lowest BCUT2D eigenvalue weighted by atomic mass is 9.83. The number of piperidine rings is 1. The lowest BCUT2D eigenvalue weighted by molar-refractivity contribution is -0.142. The first kappa shape index (κ1) is 16.0. The molecule has 0 saturated carbocycles. The topological polar surface area (TPSA) is 61.4 Å². The molecule has 0 bridgehead atoms. The number of carbonyl (C=O) groups is 2. The Hall–Kier alpha value is -0.910. The summed E-state index contributed by atoms with van der Waals surface area (Å²) >= 11 is 1.88. The number of thioether (sulfide) groups is 1. The molecule has 3 rings (SSSR count). The summed E-state index contributed by atoms with van der Waals surface area (Å²) in [5, 5.41) is 6.31. The summed E-state index contributed by atoms with van der Waals surface area (Å²) in [6.45, 7) is 8.17. The van der Waals surface area contributed by atoms with Gasteiger partial charge in [-0.15, -0.1) is 0 Å².